The monoisotopic (exact) mass is 450 g/mol. The number of guanidine groups is 1. The number of hydrogen-bond donors (Lipinski definition) is 1. The molecular formula is C19H39IN4. The van der Waals surface area contributed by atoms with Crippen LogP contribution in [0.2, 0.25) is 0 Å². The molecule has 0 bridgehead atoms. The first-order valence-corrected chi connectivity index (χ1v) is 9.80. The Morgan fingerprint density at radius 3 is 2.42 bits per heavy atom. The molecule has 0 spiro atoms. The quantitative estimate of drug-likeness (QED) is 0.381. The average Bonchev–Trinajstić information content (AvgIpc) is 2.96. The highest BCUT2D eigenvalue weighted by molar-refractivity contribution is 14.0. The summed E-state index contributed by atoms with van der Waals surface area (Å²) in [4.78, 5) is 9.88. The number of piperidine rings is 1. The van der Waals surface area contributed by atoms with Crippen molar-refractivity contribution in [1.29, 1.82) is 0 Å². The minimum Gasteiger partial charge on any atom is -0.357 e. The number of nitrogens with one attached hydrogen (secondary N) is 1. The van der Waals surface area contributed by atoms with E-state index in [4.69, 9.17) is 4.99 Å². The Bertz CT molecular complexity index is 364. The molecule has 142 valence electrons. The normalized spacial score (nSPS) is 23.6. The molecule has 0 amide bonds. The summed E-state index contributed by atoms with van der Waals surface area (Å²) in [5.74, 6) is 3.70. The van der Waals surface area contributed by atoms with Gasteiger partial charge < -0.3 is 15.1 Å². The molecule has 1 unspecified atom stereocenters. The van der Waals surface area contributed by atoms with Crippen molar-refractivity contribution in [2.45, 2.75) is 52.9 Å². The van der Waals surface area contributed by atoms with E-state index in [1.165, 1.54) is 58.3 Å². The molecule has 2 saturated heterocycles. The van der Waals surface area contributed by atoms with Crippen LogP contribution >= 0.6 is 24.0 Å². The lowest BCUT2D eigenvalue weighted by atomic mass is 9.94. The van der Waals surface area contributed by atoms with Gasteiger partial charge in [0.05, 0.1) is 0 Å². The molecule has 5 heteroatoms. The molecule has 1 atom stereocenters. The Hall–Kier alpha value is -0.0400. The number of halogens is 1. The van der Waals surface area contributed by atoms with Crippen LogP contribution in [0.3, 0.4) is 0 Å². The topological polar surface area (TPSA) is 30.9 Å². The first-order chi connectivity index (χ1) is 11.1. The van der Waals surface area contributed by atoms with E-state index in [2.05, 4.69) is 42.9 Å². The van der Waals surface area contributed by atoms with E-state index in [0.29, 0.717) is 0 Å². The molecular weight excluding hydrogens is 411 g/mol. The number of likely N-dealkylation sites (tertiary alicyclic amines) is 2. The maximum atomic E-state index is 4.94. The lowest BCUT2D eigenvalue weighted by molar-refractivity contribution is 0.214. The molecule has 0 saturated carbocycles. The fourth-order valence-corrected chi connectivity index (χ4v) is 4.01. The summed E-state index contributed by atoms with van der Waals surface area (Å²) in [7, 11) is 2.23. The molecule has 0 aromatic carbocycles. The van der Waals surface area contributed by atoms with E-state index in [0.717, 1.165) is 36.8 Å². The minimum atomic E-state index is 0. The summed E-state index contributed by atoms with van der Waals surface area (Å²) in [6.07, 6.45) is 6.64. The van der Waals surface area contributed by atoms with Crippen LogP contribution in [0.5, 0.6) is 0 Å². The molecule has 0 aromatic heterocycles. The summed E-state index contributed by atoms with van der Waals surface area (Å²) in [5, 5.41) is 3.51. The Balaban J connectivity index is 0.00000288. The van der Waals surface area contributed by atoms with Crippen molar-refractivity contribution in [1.82, 2.24) is 15.1 Å². The second-order valence-corrected chi connectivity index (χ2v) is 8.00. The van der Waals surface area contributed by atoms with Crippen molar-refractivity contribution in [3.05, 3.63) is 0 Å². The predicted molar refractivity (Wildman–Crippen MR) is 115 cm³/mol. The van der Waals surface area contributed by atoms with Crippen LogP contribution in [-0.2, 0) is 0 Å². The second kappa shape index (κ2) is 11.6. The zero-order valence-corrected chi connectivity index (χ0v) is 18.6. The van der Waals surface area contributed by atoms with Gasteiger partial charge in [-0.2, -0.15) is 0 Å². The first kappa shape index (κ1) is 22.0. The molecule has 2 rings (SSSR count). The maximum absolute atomic E-state index is 4.94. The van der Waals surface area contributed by atoms with E-state index in [1.54, 1.807) is 0 Å². The fourth-order valence-electron chi connectivity index (χ4n) is 4.01. The largest absolute Gasteiger partial charge is 0.357 e. The third kappa shape index (κ3) is 7.46. The SMILES string of the molecule is CCNC(=NCCC1CCN(C)CC1)N1CCC(CC(C)C)C1.I. The Kier molecular flexibility index (Phi) is 10.6. The molecule has 2 aliphatic heterocycles. The number of nitrogens with zero attached hydrogens (tertiary/aromatic N) is 3. The van der Waals surface area contributed by atoms with E-state index in [-0.39, 0.29) is 24.0 Å². The van der Waals surface area contributed by atoms with E-state index in [1.807, 2.05) is 0 Å². The number of rotatable bonds is 6. The molecule has 1 N–H and O–H groups in total. The second-order valence-electron chi connectivity index (χ2n) is 8.00. The Labute approximate surface area is 166 Å². The van der Waals surface area contributed by atoms with Crippen LogP contribution in [-0.4, -0.2) is 62.1 Å². The van der Waals surface area contributed by atoms with Gasteiger partial charge in [-0.15, -0.1) is 24.0 Å². The number of aliphatic imine (C=N–C) groups is 1. The summed E-state index contributed by atoms with van der Waals surface area (Å²) >= 11 is 0. The van der Waals surface area contributed by atoms with Crippen molar-refractivity contribution in [3.63, 3.8) is 0 Å². The standard InChI is InChI=1S/C19H38N4.HI/c1-5-20-19(23-13-9-18(15-23)14-16(2)3)21-10-6-17-7-11-22(4)12-8-17;/h16-18H,5-15H2,1-4H3,(H,20,21);1H. The minimum absolute atomic E-state index is 0. The summed E-state index contributed by atoms with van der Waals surface area (Å²) < 4.78 is 0. The van der Waals surface area contributed by atoms with Gasteiger partial charge >= 0.3 is 0 Å². The van der Waals surface area contributed by atoms with Crippen molar-refractivity contribution in [2.24, 2.45) is 22.7 Å². The molecule has 24 heavy (non-hydrogen) atoms. The van der Waals surface area contributed by atoms with Crippen LogP contribution in [0.1, 0.15) is 52.9 Å². The van der Waals surface area contributed by atoms with Crippen molar-refractivity contribution in [3.8, 4) is 0 Å². The third-order valence-electron chi connectivity index (χ3n) is 5.36. The Morgan fingerprint density at radius 2 is 1.79 bits per heavy atom. The van der Waals surface area contributed by atoms with Crippen molar-refractivity contribution < 1.29 is 0 Å². The first-order valence-electron chi connectivity index (χ1n) is 9.80. The van der Waals surface area contributed by atoms with Crippen LogP contribution in [0.15, 0.2) is 4.99 Å². The Morgan fingerprint density at radius 1 is 1.12 bits per heavy atom. The molecule has 0 radical (unpaired) electrons. The van der Waals surface area contributed by atoms with Crippen LogP contribution < -0.4 is 5.32 Å². The zero-order chi connectivity index (χ0) is 16.7. The van der Waals surface area contributed by atoms with Crippen molar-refractivity contribution >= 4 is 29.9 Å². The summed E-state index contributed by atoms with van der Waals surface area (Å²) in [6, 6.07) is 0. The highest BCUT2D eigenvalue weighted by atomic mass is 127. The summed E-state index contributed by atoms with van der Waals surface area (Å²) in [5.41, 5.74) is 0. The lowest BCUT2D eigenvalue weighted by Crippen LogP contribution is -2.40. The third-order valence-corrected chi connectivity index (χ3v) is 5.36. The predicted octanol–water partition coefficient (Wildman–Crippen LogP) is 3.67. The zero-order valence-electron chi connectivity index (χ0n) is 16.3. The highest BCUT2D eigenvalue weighted by Gasteiger charge is 2.25. The molecule has 0 aromatic rings. The van der Waals surface area contributed by atoms with Gasteiger partial charge in [0, 0.05) is 26.2 Å². The summed E-state index contributed by atoms with van der Waals surface area (Å²) in [6.45, 7) is 13.7. The van der Waals surface area contributed by atoms with Gasteiger partial charge in [-0.25, -0.2) is 0 Å². The molecule has 2 aliphatic rings. The molecule has 2 heterocycles. The van der Waals surface area contributed by atoms with E-state index >= 15 is 0 Å². The lowest BCUT2D eigenvalue weighted by Gasteiger charge is -2.28. The van der Waals surface area contributed by atoms with Crippen LogP contribution in [0, 0.1) is 17.8 Å². The molecule has 0 aliphatic carbocycles. The maximum Gasteiger partial charge on any atom is 0.193 e. The van der Waals surface area contributed by atoms with Gasteiger partial charge in [-0.05, 0) is 76.9 Å². The average molecular weight is 450 g/mol. The van der Waals surface area contributed by atoms with Crippen molar-refractivity contribution in [2.75, 3.05) is 46.3 Å². The van der Waals surface area contributed by atoms with Gasteiger partial charge in [0.25, 0.3) is 0 Å². The molecule has 2 fully saturated rings. The van der Waals surface area contributed by atoms with Gasteiger partial charge in [-0.3, -0.25) is 4.99 Å². The van der Waals surface area contributed by atoms with Crippen LogP contribution in [0.25, 0.3) is 0 Å². The van der Waals surface area contributed by atoms with Gasteiger partial charge in [-0.1, -0.05) is 13.8 Å². The molecule has 4 nitrogen and oxygen atoms in total. The van der Waals surface area contributed by atoms with Crippen LogP contribution in [0.4, 0.5) is 0 Å². The fraction of sp³-hybridized carbons (Fsp3) is 0.947. The van der Waals surface area contributed by atoms with Gasteiger partial charge in [0.15, 0.2) is 5.96 Å². The highest BCUT2D eigenvalue weighted by Crippen LogP contribution is 2.23. The van der Waals surface area contributed by atoms with Gasteiger partial charge in [0.1, 0.15) is 0 Å². The van der Waals surface area contributed by atoms with Gasteiger partial charge in [0.2, 0.25) is 0 Å². The van der Waals surface area contributed by atoms with E-state index < -0.39 is 0 Å². The smallest absolute Gasteiger partial charge is 0.193 e. The number of hydrogen-bond acceptors (Lipinski definition) is 2. The van der Waals surface area contributed by atoms with E-state index in [9.17, 15) is 0 Å².